The summed E-state index contributed by atoms with van der Waals surface area (Å²) in [5.74, 6) is -3.00. The van der Waals surface area contributed by atoms with Crippen LogP contribution in [0.15, 0.2) is 60.7 Å². The van der Waals surface area contributed by atoms with E-state index in [1.54, 1.807) is 37.4 Å². The summed E-state index contributed by atoms with van der Waals surface area (Å²) in [6.07, 6.45) is 2.33. The zero-order valence-corrected chi connectivity index (χ0v) is 21.4. The predicted molar refractivity (Wildman–Crippen MR) is 138 cm³/mol. The highest BCUT2D eigenvalue weighted by atomic mass is 19.3. The van der Waals surface area contributed by atoms with Gasteiger partial charge in [-0.25, -0.2) is 17.6 Å². The van der Waals surface area contributed by atoms with Crippen LogP contribution < -0.4 is 4.74 Å². The second-order valence-electron chi connectivity index (χ2n) is 9.37. The third-order valence-corrected chi connectivity index (χ3v) is 6.67. The molecule has 0 unspecified atom stereocenters. The molecular formula is C31H28F6O2. The highest BCUT2D eigenvalue weighted by molar-refractivity contribution is 5.84. The maximum Gasteiger partial charge on any atom is 0.387 e. The first-order valence-corrected chi connectivity index (χ1v) is 12.6. The number of hydrogen-bond acceptors (Lipinski definition) is 2. The molecule has 0 saturated heterocycles. The third kappa shape index (κ3) is 7.32. The van der Waals surface area contributed by atoms with Crippen LogP contribution in [0, 0.1) is 23.3 Å². The van der Waals surface area contributed by atoms with Gasteiger partial charge >= 0.3 is 6.61 Å². The maximum atomic E-state index is 15.2. The van der Waals surface area contributed by atoms with Gasteiger partial charge in [0.25, 0.3) is 0 Å². The van der Waals surface area contributed by atoms with E-state index in [4.69, 9.17) is 4.74 Å². The van der Waals surface area contributed by atoms with Gasteiger partial charge in [0.15, 0.2) is 11.6 Å². The van der Waals surface area contributed by atoms with Gasteiger partial charge < -0.3 is 9.47 Å². The molecule has 4 rings (SSSR count). The minimum atomic E-state index is -3.12. The summed E-state index contributed by atoms with van der Waals surface area (Å²) < 4.78 is 92.1. The van der Waals surface area contributed by atoms with Crippen LogP contribution in [-0.2, 0) is 36.8 Å². The number of benzene rings is 4. The molecule has 0 spiro atoms. The molecule has 2 nitrogen and oxygen atoms in total. The predicted octanol–water partition coefficient (Wildman–Crippen LogP) is 8.15. The molecule has 0 bridgehead atoms. The second-order valence-corrected chi connectivity index (χ2v) is 9.37. The SMILES string of the molecule is COCCCc1cc(F)c(CCc2ccc3c(F)c(CCc4ccc(OC(F)F)c(F)c4)ccc3c2)c(F)c1. The Labute approximate surface area is 223 Å². The lowest BCUT2D eigenvalue weighted by molar-refractivity contribution is -0.0522. The zero-order chi connectivity index (χ0) is 27.9. The Morgan fingerprint density at radius 2 is 1.33 bits per heavy atom. The van der Waals surface area contributed by atoms with Gasteiger partial charge in [-0.05, 0) is 90.4 Å². The molecule has 206 valence electrons. The molecule has 0 N–H and O–H groups in total. The van der Waals surface area contributed by atoms with Gasteiger partial charge in [0.2, 0.25) is 0 Å². The van der Waals surface area contributed by atoms with Crippen LogP contribution in [0.4, 0.5) is 26.3 Å². The van der Waals surface area contributed by atoms with E-state index in [1.165, 1.54) is 18.2 Å². The third-order valence-electron chi connectivity index (χ3n) is 6.67. The van der Waals surface area contributed by atoms with E-state index in [1.807, 2.05) is 0 Å². The molecule has 0 aliphatic carbocycles. The van der Waals surface area contributed by atoms with E-state index >= 15 is 4.39 Å². The summed E-state index contributed by atoms with van der Waals surface area (Å²) in [6.45, 7) is -2.60. The fraction of sp³-hybridized carbons (Fsp3) is 0.290. The molecule has 4 aromatic carbocycles. The van der Waals surface area contributed by atoms with Gasteiger partial charge in [0, 0.05) is 24.7 Å². The molecule has 0 aliphatic heterocycles. The lowest BCUT2D eigenvalue weighted by Gasteiger charge is -2.11. The standard InChI is InChI=1S/C31H28F6O2/c1-38-14-2-3-21-17-26(32)25(27(33)18-21)12-6-19-5-11-24-23(15-19)10-9-22(30(24)35)8-4-20-7-13-29(28(34)16-20)39-31(36)37/h5,7,9-11,13,15-18,31H,2-4,6,8,12,14H2,1H3. The van der Waals surface area contributed by atoms with Crippen molar-refractivity contribution in [1.82, 2.24) is 0 Å². The van der Waals surface area contributed by atoms with E-state index in [0.29, 0.717) is 59.8 Å². The molecule has 0 amide bonds. The van der Waals surface area contributed by atoms with Gasteiger partial charge in [-0.15, -0.1) is 0 Å². The Morgan fingerprint density at radius 1 is 0.667 bits per heavy atom. The van der Waals surface area contributed by atoms with Crippen LogP contribution in [0.5, 0.6) is 5.75 Å². The highest BCUT2D eigenvalue weighted by Gasteiger charge is 2.14. The minimum absolute atomic E-state index is 0.0253. The zero-order valence-electron chi connectivity index (χ0n) is 21.4. The quantitative estimate of drug-likeness (QED) is 0.132. The number of fused-ring (bicyclic) bond motifs is 1. The van der Waals surface area contributed by atoms with Crippen LogP contribution in [0.25, 0.3) is 10.8 Å². The molecule has 0 aromatic heterocycles. The lowest BCUT2D eigenvalue weighted by atomic mass is 9.96. The molecule has 0 heterocycles. The van der Waals surface area contributed by atoms with Crippen molar-refractivity contribution in [1.29, 1.82) is 0 Å². The molecule has 0 fully saturated rings. The Balaban J connectivity index is 1.41. The van der Waals surface area contributed by atoms with Crippen molar-refractivity contribution in [2.75, 3.05) is 13.7 Å². The van der Waals surface area contributed by atoms with Crippen LogP contribution in [0.1, 0.15) is 34.2 Å². The summed E-state index contributed by atoms with van der Waals surface area (Å²) in [7, 11) is 1.58. The highest BCUT2D eigenvalue weighted by Crippen LogP contribution is 2.26. The van der Waals surface area contributed by atoms with Crippen molar-refractivity contribution in [2.45, 2.75) is 45.1 Å². The molecule has 8 heteroatoms. The summed E-state index contributed by atoms with van der Waals surface area (Å²) in [4.78, 5) is 0. The monoisotopic (exact) mass is 546 g/mol. The van der Waals surface area contributed by atoms with Crippen molar-refractivity contribution in [2.24, 2.45) is 0 Å². The first-order valence-electron chi connectivity index (χ1n) is 12.6. The van der Waals surface area contributed by atoms with Crippen LogP contribution >= 0.6 is 0 Å². The van der Waals surface area contributed by atoms with Crippen molar-refractivity contribution < 1.29 is 35.8 Å². The van der Waals surface area contributed by atoms with Crippen LogP contribution in [-0.4, -0.2) is 20.3 Å². The van der Waals surface area contributed by atoms with Gasteiger partial charge in [-0.2, -0.15) is 8.78 Å². The molecule has 4 aromatic rings. The minimum Gasteiger partial charge on any atom is -0.432 e. The van der Waals surface area contributed by atoms with Gasteiger partial charge in [0.05, 0.1) is 0 Å². The number of methoxy groups -OCH3 is 1. The maximum absolute atomic E-state index is 15.2. The summed E-state index contributed by atoms with van der Waals surface area (Å²) >= 11 is 0. The van der Waals surface area contributed by atoms with E-state index in [-0.39, 0.29) is 18.4 Å². The van der Waals surface area contributed by atoms with E-state index in [9.17, 15) is 22.0 Å². The van der Waals surface area contributed by atoms with Crippen molar-refractivity contribution in [3.05, 3.63) is 112 Å². The number of halogens is 6. The van der Waals surface area contributed by atoms with Crippen LogP contribution in [0.2, 0.25) is 0 Å². The topological polar surface area (TPSA) is 18.5 Å². The number of hydrogen-bond donors (Lipinski definition) is 0. The first-order chi connectivity index (χ1) is 18.7. The van der Waals surface area contributed by atoms with Crippen molar-refractivity contribution in [3.63, 3.8) is 0 Å². The molecular weight excluding hydrogens is 518 g/mol. The fourth-order valence-corrected chi connectivity index (χ4v) is 4.63. The Kier molecular flexibility index (Phi) is 9.51. The number of aryl methyl sites for hydroxylation is 4. The Bertz CT molecular complexity index is 1410. The molecule has 0 saturated carbocycles. The van der Waals surface area contributed by atoms with E-state index < -0.39 is 35.6 Å². The smallest absolute Gasteiger partial charge is 0.387 e. The van der Waals surface area contributed by atoms with E-state index in [2.05, 4.69) is 4.74 Å². The normalized spacial score (nSPS) is 11.5. The molecule has 39 heavy (non-hydrogen) atoms. The average Bonchev–Trinajstić information content (AvgIpc) is 2.89. The summed E-state index contributed by atoms with van der Waals surface area (Å²) in [5.41, 5.74) is 2.38. The largest absolute Gasteiger partial charge is 0.432 e. The van der Waals surface area contributed by atoms with Gasteiger partial charge in [-0.1, -0.05) is 36.4 Å². The fourth-order valence-electron chi connectivity index (χ4n) is 4.63. The number of alkyl halides is 2. The lowest BCUT2D eigenvalue weighted by Crippen LogP contribution is -2.04. The summed E-state index contributed by atoms with van der Waals surface area (Å²) in [6, 6.07) is 15.0. The van der Waals surface area contributed by atoms with Crippen LogP contribution in [0.3, 0.4) is 0 Å². The second kappa shape index (κ2) is 13.0. The summed E-state index contributed by atoms with van der Waals surface area (Å²) in [5, 5.41) is 1.06. The van der Waals surface area contributed by atoms with Crippen molar-refractivity contribution in [3.8, 4) is 5.75 Å². The van der Waals surface area contributed by atoms with Gasteiger partial charge in [0.1, 0.15) is 17.5 Å². The van der Waals surface area contributed by atoms with Gasteiger partial charge in [-0.3, -0.25) is 0 Å². The molecule has 0 atom stereocenters. The number of rotatable bonds is 12. The molecule has 0 radical (unpaired) electrons. The van der Waals surface area contributed by atoms with Crippen molar-refractivity contribution >= 4 is 10.8 Å². The number of ether oxygens (including phenoxy) is 2. The first kappa shape index (κ1) is 28.5. The average molecular weight is 547 g/mol. The Hall–Kier alpha value is -3.52. The van der Waals surface area contributed by atoms with E-state index in [0.717, 1.165) is 17.7 Å². The molecule has 0 aliphatic rings. The Morgan fingerprint density at radius 3 is 2.03 bits per heavy atom.